The lowest BCUT2D eigenvalue weighted by molar-refractivity contribution is -0.126. The zero-order chi connectivity index (χ0) is 10.9. The number of ketones is 1. The van der Waals surface area contributed by atoms with E-state index in [0.29, 0.717) is 6.42 Å². The Labute approximate surface area is 90.5 Å². The van der Waals surface area contributed by atoms with Crippen molar-refractivity contribution in [1.29, 1.82) is 0 Å². The molecule has 1 aliphatic carbocycles. The van der Waals surface area contributed by atoms with Gasteiger partial charge in [-0.05, 0) is 30.9 Å². The van der Waals surface area contributed by atoms with E-state index in [1.807, 2.05) is 31.2 Å². The predicted octanol–water partition coefficient (Wildman–Crippen LogP) is 2.29. The van der Waals surface area contributed by atoms with Crippen molar-refractivity contribution in [1.82, 2.24) is 0 Å². The first-order chi connectivity index (χ1) is 7.14. The summed E-state index contributed by atoms with van der Waals surface area (Å²) in [6.07, 6.45) is 3.46. The van der Waals surface area contributed by atoms with Crippen LogP contribution < -0.4 is 5.73 Å². The molecule has 1 saturated carbocycles. The van der Waals surface area contributed by atoms with Gasteiger partial charge in [0.15, 0.2) is 5.78 Å². The minimum atomic E-state index is -0.719. The van der Waals surface area contributed by atoms with Gasteiger partial charge in [-0.15, -0.1) is 0 Å². The molecule has 1 aliphatic rings. The van der Waals surface area contributed by atoms with Crippen LogP contribution in [0.1, 0.15) is 36.8 Å². The number of carbonyl (C=O) groups is 1. The maximum atomic E-state index is 11.9. The molecule has 1 fully saturated rings. The number of hydrogen-bond acceptors (Lipinski definition) is 2. The molecule has 0 amide bonds. The third-order valence-electron chi connectivity index (χ3n) is 3.35. The highest BCUT2D eigenvalue weighted by Crippen LogP contribution is 2.33. The number of aryl methyl sites for hydroxylation is 1. The molecule has 1 atom stereocenters. The molecule has 0 spiro atoms. The second-order valence-electron chi connectivity index (χ2n) is 4.42. The SMILES string of the molecule is Cc1ccccc1C1(N)CCCCC1=O. The molecule has 0 aliphatic heterocycles. The summed E-state index contributed by atoms with van der Waals surface area (Å²) in [6, 6.07) is 7.94. The van der Waals surface area contributed by atoms with E-state index in [9.17, 15) is 4.79 Å². The van der Waals surface area contributed by atoms with Crippen LogP contribution in [0.5, 0.6) is 0 Å². The van der Waals surface area contributed by atoms with Gasteiger partial charge in [-0.3, -0.25) is 4.79 Å². The van der Waals surface area contributed by atoms with Crippen LogP contribution in [0.3, 0.4) is 0 Å². The predicted molar refractivity (Wildman–Crippen MR) is 60.5 cm³/mol. The summed E-state index contributed by atoms with van der Waals surface area (Å²) in [4.78, 5) is 11.9. The van der Waals surface area contributed by atoms with Crippen molar-refractivity contribution in [3.05, 3.63) is 35.4 Å². The molecule has 0 heterocycles. The minimum absolute atomic E-state index is 0.197. The lowest BCUT2D eigenvalue weighted by Crippen LogP contribution is -2.47. The first-order valence-corrected chi connectivity index (χ1v) is 5.53. The number of hydrogen-bond donors (Lipinski definition) is 1. The summed E-state index contributed by atoms with van der Waals surface area (Å²) in [5.41, 5.74) is 7.69. The largest absolute Gasteiger partial charge is 0.315 e. The lowest BCUT2D eigenvalue weighted by Gasteiger charge is -2.33. The average Bonchev–Trinajstić information content (AvgIpc) is 2.23. The van der Waals surface area contributed by atoms with Gasteiger partial charge < -0.3 is 5.73 Å². The van der Waals surface area contributed by atoms with Gasteiger partial charge in [0.25, 0.3) is 0 Å². The lowest BCUT2D eigenvalue weighted by atomic mass is 9.75. The van der Waals surface area contributed by atoms with E-state index in [1.165, 1.54) is 0 Å². The van der Waals surface area contributed by atoms with Gasteiger partial charge in [0.05, 0.1) is 0 Å². The number of benzene rings is 1. The smallest absolute Gasteiger partial charge is 0.157 e. The first kappa shape index (κ1) is 10.4. The Hall–Kier alpha value is -1.15. The molecule has 1 aromatic carbocycles. The third-order valence-corrected chi connectivity index (χ3v) is 3.35. The monoisotopic (exact) mass is 203 g/mol. The molecular weight excluding hydrogens is 186 g/mol. The molecule has 0 aromatic heterocycles. The van der Waals surface area contributed by atoms with Gasteiger partial charge in [0.2, 0.25) is 0 Å². The summed E-state index contributed by atoms with van der Waals surface area (Å²) < 4.78 is 0. The Morgan fingerprint density at radius 2 is 2.00 bits per heavy atom. The standard InChI is InChI=1S/C13H17NO/c1-10-6-2-3-7-11(10)13(14)9-5-4-8-12(13)15/h2-3,6-7H,4-5,8-9,14H2,1H3. The van der Waals surface area contributed by atoms with Crippen LogP contribution in [0.15, 0.2) is 24.3 Å². The fourth-order valence-electron chi connectivity index (χ4n) is 2.41. The van der Waals surface area contributed by atoms with E-state index >= 15 is 0 Å². The summed E-state index contributed by atoms with van der Waals surface area (Å²) in [5, 5.41) is 0. The van der Waals surface area contributed by atoms with Gasteiger partial charge in [-0.1, -0.05) is 30.7 Å². The fourth-order valence-corrected chi connectivity index (χ4v) is 2.41. The Balaban J connectivity index is 2.44. The Morgan fingerprint density at radius 3 is 2.67 bits per heavy atom. The average molecular weight is 203 g/mol. The van der Waals surface area contributed by atoms with E-state index in [2.05, 4.69) is 0 Å². The minimum Gasteiger partial charge on any atom is -0.315 e. The number of rotatable bonds is 1. The summed E-state index contributed by atoms with van der Waals surface area (Å²) in [5.74, 6) is 0.197. The topological polar surface area (TPSA) is 43.1 Å². The van der Waals surface area contributed by atoms with Crippen molar-refractivity contribution < 1.29 is 4.79 Å². The van der Waals surface area contributed by atoms with Crippen LogP contribution in [0, 0.1) is 6.92 Å². The van der Waals surface area contributed by atoms with Gasteiger partial charge in [-0.2, -0.15) is 0 Å². The van der Waals surface area contributed by atoms with Gasteiger partial charge in [0.1, 0.15) is 5.54 Å². The van der Waals surface area contributed by atoms with E-state index in [0.717, 1.165) is 30.4 Å². The molecule has 2 heteroatoms. The summed E-state index contributed by atoms with van der Waals surface area (Å²) in [6.45, 7) is 2.02. The maximum Gasteiger partial charge on any atom is 0.157 e. The molecular formula is C13H17NO. The highest BCUT2D eigenvalue weighted by Gasteiger charge is 2.38. The number of Topliss-reactive ketones (excluding diaryl/α,β-unsaturated/α-hetero) is 1. The van der Waals surface area contributed by atoms with Crippen molar-refractivity contribution in [3.63, 3.8) is 0 Å². The van der Waals surface area contributed by atoms with Crippen LogP contribution in [0.25, 0.3) is 0 Å². The van der Waals surface area contributed by atoms with Crippen molar-refractivity contribution in [2.75, 3.05) is 0 Å². The quantitative estimate of drug-likeness (QED) is 0.761. The molecule has 0 saturated heterocycles. The second kappa shape index (κ2) is 3.78. The Kier molecular flexibility index (Phi) is 2.61. The summed E-state index contributed by atoms with van der Waals surface area (Å²) >= 11 is 0. The molecule has 15 heavy (non-hydrogen) atoms. The van der Waals surface area contributed by atoms with Crippen LogP contribution in [-0.4, -0.2) is 5.78 Å². The van der Waals surface area contributed by atoms with Crippen molar-refractivity contribution in [3.8, 4) is 0 Å². The van der Waals surface area contributed by atoms with Crippen LogP contribution in [-0.2, 0) is 10.3 Å². The Bertz CT molecular complexity index is 386. The molecule has 0 bridgehead atoms. The van der Waals surface area contributed by atoms with E-state index in [-0.39, 0.29) is 5.78 Å². The third kappa shape index (κ3) is 1.70. The van der Waals surface area contributed by atoms with Gasteiger partial charge in [0, 0.05) is 6.42 Å². The zero-order valence-corrected chi connectivity index (χ0v) is 9.12. The molecule has 2 rings (SSSR count). The molecule has 2 nitrogen and oxygen atoms in total. The second-order valence-corrected chi connectivity index (χ2v) is 4.42. The van der Waals surface area contributed by atoms with E-state index in [1.54, 1.807) is 0 Å². The number of carbonyl (C=O) groups excluding carboxylic acids is 1. The van der Waals surface area contributed by atoms with Crippen molar-refractivity contribution in [2.45, 2.75) is 38.1 Å². The highest BCUT2D eigenvalue weighted by atomic mass is 16.1. The summed E-state index contributed by atoms with van der Waals surface area (Å²) in [7, 11) is 0. The Morgan fingerprint density at radius 1 is 1.27 bits per heavy atom. The van der Waals surface area contributed by atoms with Gasteiger partial charge >= 0.3 is 0 Å². The molecule has 1 unspecified atom stereocenters. The van der Waals surface area contributed by atoms with Crippen molar-refractivity contribution >= 4 is 5.78 Å². The molecule has 80 valence electrons. The van der Waals surface area contributed by atoms with Crippen LogP contribution >= 0.6 is 0 Å². The number of nitrogens with two attached hydrogens (primary N) is 1. The normalized spacial score (nSPS) is 26.7. The van der Waals surface area contributed by atoms with Crippen molar-refractivity contribution in [2.24, 2.45) is 5.73 Å². The van der Waals surface area contributed by atoms with Crippen LogP contribution in [0.4, 0.5) is 0 Å². The zero-order valence-electron chi connectivity index (χ0n) is 9.12. The molecule has 0 radical (unpaired) electrons. The van der Waals surface area contributed by atoms with Crippen LogP contribution in [0.2, 0.25) is 0 Å². The fraction of sp³-hybridized carbons (Fsp3) is 0.462. The van der Waals surface area contributed by atoms with E-state index < -0.39 is 5.54 Å². The first-order valence-electron chi connectivity index (χ1n) is 5.53. The van der Waals surface area contributed by atoms with Gasteiger partial charge in [-0.25, -0.2) is 0 Å². The molecule has 2 N–H and O–H groups in total. The highest BCUT2D eigenvalue weighted by molar-refractivity contribution is 5.90. The van der Waals surface area contributed by atoms with E-state index in [4.69, 9.17) is 5.73 Å². The molecule has 1 aromatic rings. The maximum absolute atomic E-state index is 11.9.